The van der Waals surface area contributed by atoms with Crippen molar-refractivity contribution in [3.63, 3.8) is 0 Å². The van der Waals surface area contributed by atoms with Gasteiger partial charge in [0, 0.05) is 13.0 Å². The molecular weight excluding hydrogens is 454 g/mol. The number of aliphatic hydroxyl groups excluding tert-OH is 1. The van der Waals surface area contributed by atoms with Crippen LogP contribution in [0.25, 0.3) is 0 Å². The number of carbonyl (C=O) groups is 2. The lowest BCUT2D eigenvalue weighted by atomic mass is 9.75. The maximum Gasteiger partial charge on any atom is 0.410 e. The molecule has 0 saturated heterocycles. The molecule has 6 heteroatoms. The average molecular weight is 504 g/mol. The molecule has 0 aromatic heterocycles. The van der Waals surface area contributed by atoms with Crippen LogP contribution in [0.3, 0.4) is 0 Å². The normalized spacial score (nSPS) is 33.6. The van der Waals surface area contributed by atoms with Gasteiger partial charge in [-0.15, -0.1) is 6.58 Å². The summed E-state index contributed by atoms with van der Waals surface area (Å²) in [5, 5.41) is 10.8. The summed E-state index contributed by atoms with van der Waals surface area (Å²) in [7, 11) is 0. The first-order chi connectivity index (χ1) is 17.0. The van der Waals surface area contributed by atoms with Crippen molar-refractivity contribution < 1.29 is 24.2 Å². The van der Waals surface area contributed by atoms with Gasteiger partial charge >= 0.3 is 12.1 Å². The van der Waals surface area contributed by atoms with Crippen LogP contribution < -0.4 is 0 Å². The number of ether oxygens (including phenoxy) is 2. The van der Waals surface area contributed by atoms with Crippen LogP contribution in [0, 0.1) is 35.5 Å². The highest BCUT2D eigenvalue weighted by Crippen LogP contribution is 2.38. The second-order valence-corrected chi connectivity index (χ2v) is 12.4. The summed E-state index contributed by atoms with van der Waals surface area (Å²) in [5.74, 6) is 2.01. The molecule has 2 aliphatic carbocycles. The first kappa shape index (κ1) is 28.6. The van der Waals surface area contributed by atoms with E-state index < -0.39 is 18.1 Å². The highest BCUT2D eigenvalue weighted by molar-refractivity contribution is 5.92. The average Bonchev–Trinajstić information content (AvgIpc) is 2.79. The van der Waals surface area contributed by atoms with E-state index in [0.717, 1.165) is 38.5 Å². The van der Waals surface area contributed by atoms with Crippen molar-refractivity contribution >= 4 is 12.1 Å². The fraction of sp³-hybridized carbons (Fsp3) is 0.800. The zero-order valence-corrected chi connectivity index (χ0v) is 23.4. The van der Waals surface area contributed by atoms with E-state index in [1.165, 1.54) is 0 Å². The number of aliphatic hydroxyl groups is 1. The molecule has 3 rings (SSSR count). The molecule has 1 heterocycles. The van der Waals surface area contributed by atoms with E-state index >= 15 is 0 Å². The van der Waals surface area contributed by atoms with Crippen molar-refractivity contribution in [3.8, 4) is 0 Å². The monoisotopic (exact) mass is 503 g/mol. The van der Waals surface area contributed by atoms with Crippen molar-refractivity contribution in [1.29, 1.82) is 0 Å². The van der Waals surface area contributed by atoms with Gasteiger partial charge in [-0.25, -0.2) is 9.59 Å². The van der Waals surface area contributed by atoms with Crippen molar-refractivity contribution in [2.45, 2.75) is 111 Å². The number of rotatable bonds is 7. The van der Waals surface area contributed by atoms with Crippen LogP contribution in [0.4, 0.5) is 4.79 Å². The van der Waals surface area contributed by atoms with Crippen molar-refractivity contribution in [2.24, 2.45) is 35.5 Å². The summed E-state index contributed by atoms with van der Waals surface area (Å²) in [6.07, 6.45) is 7.63. The van der Waals surface area contributed by atoms with Crippen molar-refractivity contribution in [1.82, 2.24) is 4.90 Å². The van der Waals surface area contributed by atoms with E-state index in [2.05, 4.69) is 48.1 Å². The highest BCUT2D eigenvalue weighted by Gasteiger charge is 2.42. The number of carbonyl (C=O) groups excluding carboxylic acids is 2. The molecule has 0 bridgehead atoms. The Bertz CT molecular complexity index is 818. The lowest BCUT2D eigenvalue weighted by Gasteiger charge is -2.41. The third-order valence-corrected chi connectivity index (χ3v) is 8.89. The molecule has 204 valence electrons. The van der Waals surface area contributed by atoms with Gasteiger partial charge in [0.1, 0.15) is 18.0 Å². The molecule has 6 nitrogen and oxygen atoms in total. The fourth-order valence-electron chi connectivity index (χ4n) is 6.64. The van der Waals surface area contributed by atoms with Crippen LogP contribution in [0.2, 0.25) is 0 Å². The first-order valence-corrected chi connectivity index (χ1v) is 14.2. The first-order valence-electron chi connectivity index (χ1n) is 14.2. The predicted octanol–water partition coefficient (Wildman–Crippen LogP) is 7.05. The van der Waals surface area contributed by atoms with Crippen LogP contribution >= 0.6 is 0 Å². The molecule has 7 atom stereocenters. The molecule has 2 fully saturated rings. The zero-order chi connectivity index (χ0) is 26.6. The molecule has 1 N–H and O–H groups in total. The number of esters is 1. The van der Waals surface area contributed by atoms with Crippen LogP contribution in [-0.4, -0.2) is 46.9 Å². The quantitative estimate of drug-likeness (QED) is 0.297. The van der Waals surface area contributed by atoms with Gasteiger partial charge in [0.2, 0.25) is 0 Å². The molecule has 0 aromatic carbocycles. The molecule has 0 aromatic rings. The summed E-state index contributed by atoms with van der Waals surface area (Å²) in [4.78, 5) is 28.6. The Hall–Kier alpha value is -1.98. The maximum absolute atomic E-state index is 13.5. The van der Waals surface area contributed by atoms with E-state index in [4.69, 9.17) is 9.47 Å². The van der Waals surface area contributed by atoms with Crippen molar-refractivity contribution in [2.75, 3.05) is 6.54 Å². The Kier molecular flexibility index (Phi) is 9.94. The summed E-state index contributed by atoms with van der Waals surface area (Å²) >= 11 is 0. The Morgan fingerprint density at radius 3 is 2.00 bits per heavy atom. The van der Waals surface area contributed by atoms with E-state index in [0.29, 0.717) is 48.5 Å². The van der Waals surface area contributed by atoms with Crippen LogP contribution in [0.5, 0.6) is 0 Å². The van der Waals surface area contributed by atoms with Gasteiger partial charge in [-0.1, -0.05) is 60.5 Å². The predicted molar refractivity (Wildman–Crippen MR) is 142 cm³/mol. The van der Waals surface area contributed by atoms with Gasteiger partial charge in [0.05, 0.1) is 11.6 Å². The standard InChI is InChI=1S/C30H49NO5/c1-8-9-24-28(29(33)35-26-16-20(6)10-12-22(26)18(2)3)25(32)14-15-31(24)30(34)36-27-17-21(7)11-13-23(27)19(4)5/h8,18-24,26-27,32H,1,9-17H2,2-7H3/t20-,21+,22+,23-,24?,26-,27+/m0/s1. The Morgan fingerprint density at radius 1 is 0.972 bits per heavy atom. The van der Waals surface area contributed by atoms with Gasteiger partial charge in [0.25, 0.3) is 0 Å². The summed E-state index contributed by atoms with van der Waals surface area (Å²) in [6.45, 7) is 17.3. The fourth-order valence-corrected chi connectivity index (χ4v) is 6.64. The molecule has 1 aliphatic heterocycles. The summed E-state index contributed by atoms with van der Waals surface area (Å²) in [5.41, 5.74) is 0.191. The highest BCUT2D eigenvalue weighted by atomic mass is 16.6. The zero-order valence-electron chi connectivity index (χ0n) is 23.4. The Morgan fingerprint density at radius 2 is 1.50 bits per heavy atom. The molecule has 0 spiro atoms. The third-order valence-electron chi connectivity index (χ3n) is 8.89. The van der Waals surface area contributed by atoms with E-state index in [1.807, 2.05) is 0 Å². The minimum atomic E-state index is -0.631. The van der Waals surface area contributed by atoms with Crippen LogP contribution in [0.1, 0.15) is 92.9 Å². The minimum Gasteiger partial charge on any atom is -0.512 e. The Labute approximate surface area is 218 Å². The lowest BCUT2D eigenvalue weighted by molar-refractivity contribution is -0.152. The molecule has 36 heavy (non-hydrogen) atoms. The van der Waals surface area contributed by atoms with Gasteiger partial charge < -0.3 is 14.6 Å². The largest absolute Gasteiger partial charge is 0.512 e. The van der Waals surface area contributed by atoms with Crippen LogP contribution in [-0.2, 0) is 14.3 Å². The van der Waals surface area contributed by atoms with E-state index in [9.17, 15) is 14.7 Å². The van der Waals surface area contributed by atoms with Gasteiger partial charge in [-0.3, -0.25) is 4.90 Å². The van der Waals surface area contributed by atoms with Gasteiger partial charge in [-0.2, -0.15) is 0 Å². The number of nitrogens with zero attached hydrogens (tertiary/aromatic N) is 1. The maximum atomic E-state index is 13.5. The molecule has 0 radical (unpaired) electrons. The molecule has 3 aliphatic rings. The van der Waals surface area contributed by atoms with Crippen LogP contribution in [0.15, 0.2) is 24.0 Å². The number of amides is 1. The SMILES string of the molecule is C=CCC1C(C(=O)O[C@H]2C[C@@H](C)CC[C@@H]2C(C)C)=C(O)CCN1C(=O)O[C@@H]1C[C@H](C)CC[C@H]1C(C)C. The second kappa shape index (κ2) is 12.5. The topological polar surface area (TPSA) is 76.1 Å². The molecule has 1 unspecified atom stereocenters. The molecule has 2 saturated carbocycles. The van der Waals surface area contributed by atoms with Gasteiger partial charge in [-0.05, 0) is 67.6 Å². The third kappa shape index (κ3) is 6.66. The number of hydrogen-bond donors (Lipinski definition) is 1. The van der Waals surface area contributed by atoms with Gasteiger partial charge in [0.15, 0.2) is 0 Å². The summed E-state index contributed by atoms with van der Waals surface area (Å²) in [6, 6.07) is -0.631. The smallest absolute Gasteiger partial charge is 0.410 e. The second-order valence-electron chi connectivity index (χ2n) is 12.4. The Balaban J connectivity index is 1.78. The molecular formula is C30H49NO5. The minimum absolute atomic E-state index is 0.0206. The van der Waals surface area contributed by atoms with E-state index in [1.54, 1.807) is 11.0 Å². The summed E-state index contributed by atoms with van der Waals surface area (Å²) < 4.78 is 12.2. The van der Waals surface area contributed by atoms with E-state index in [-0.39, 0.29) is 30.0 Å². The number of hydrogen-bond acceptors (Lipinski definition) is 5. The lowest BCUT2D eigenvalue weighted by Crippen LogP contribution is -2.50. The molecule has 1 amide bonds. The van der Waals surface area contributed by atoms with Crippen molar-refractivity contribution in [3.05, 3.63) is 24.0 Å².